The van der Waals surface area contributed by atoms with E-state index in [2.05, 4.69) is 565 Å². The first-order valence-electron chi connectivity index (χ1n) is 51.5. The zero-order valence-electron chi connectivity index (χ0n) is 80.8. The summed E-state index contributed by atoms with van der Waals surface area (Å²) in [4.78, 5) is 5.04. The third-order valence-corrected chi connectivity index (χ3v) is 32.9. The summed E-state index contributed by atoms with van der Waals surface area (Å²) in [7, 11) is 0. The Morgan fingerprint density at radius 1 is 0.142 bits per heavy atom. The Morgan fingerprint density at radius 2 is 0.459 bits per heavy atom. The van der Waals surface area contributed by atoms with Crippen LogP contribution in [-0.2, 0) is 10.8 Å². The predicted octanol–water partition coefficient (Wildman–Crippen LogP) is 38.1. The van der Waals surface area contributed by atoms with Crippen molar-refractivity contribution < 1.29 is 0 Å². The quantitative estimate of drug-likeness (QED) is 0.108. The molecule has 31 rings (SSSR count). The molecule has 27 aromatic rings. The summed E-state index contributed by atoms with van der Waals surface area (Å²) in [5, 5.41) is 14.4. The average Bonchev–Trinajstić information content (AvgIpc) is 1.49. The summed E-state index contributed by atoms with van der Waals surface area (Å²) in [6.45, 7) is 0. The van der Waals surface area contributed by atoms with Crippen molar-refractivity contribution >= 4 is 121 Å². The molecule has 0 bridgehead atoms. The average molecular weight is 1880 g/mol. The maximum Gasteiger partial charge on any atom is 0.0754 e. The lowest BCUT2D eigenvalue weighted by Gasteiger charge is -2.39. The molecule has 2 spiro atoms. The van der Waals surface area contributed by atoms with Crippen LogP contribution in [0.1, 0.15) is 44.5 Å². The molecule has 4 heterocycles. The lowest BCUT2D eigenvalue weighted by molar-refractivity contribution is 0.749. The molecule has 2 aliphatic carbocycles. The Balaban J connectivity index is 0.521. The van der Waals surface area contributed by atoms with Crippen LogP contribution < -0.4 is 9.80 Å². The highest BCUT2D eigenvalue weighted by atomic mass is 15.2. The first-order chi connectivity index (χ1) is 73.5. The van der Waals surface area contributed by atoms with E-state index in [-0.39, 0.29) is 0 Å². The monoisotopic (exact) mass is 1870 g/mol. The van der Waals surface area contributed by atoms with E-state index in [1.165, 1.54) is 215 Å². The molecule has 0 N–H and O–H groups in total. The highest BCUT2D eigenvalue weighted by Crippen LogP contribution is 2.65. The molecular formula is C144H90N4. The Kier molecular flexibility index (Phi) is 18.4. The van der Waals surface area contributed by atoms with Crippen LogP contribution in [0.3, 0.4) is 0 Å². The summed E-state index contributed by atoms with van der Waals surface area (Å²) in [5.41, 5.74) is 46.6. The molecule has 25 aromatic carbocycles. The van der Waals surface area contributed by atoms with Crippen molar-refractivity contribution in [3.8, 4) is 123 Å². The molecule has 0 saturated carbocycles. The topological polar surface area (TPSA) is 16.3 Å². The van der Waals surface area contributed by atoms with Crippen LogP contribution in [-0.4, -0.2) is 9.13 Å². The van der Waals surface area contributed by atoms with Crippen molar-refractivity contribution in [2.45, 2.75) is 10.8 Å². The van der Waals surface area contributed by atoms with E-state index >= 15 is 0 Å². The highest BCUT2D eigenvalue weighted by Gasteiger charge is 2.53. The number of hydrogen-bond acceptors (Lipinski definition) is 2. The van der Waals surface area contributed by atoms with E-state index in [0.717, 1.165) is 72.7 Å². The van der Waals surface area contributed by atoms with E-state index in [1.54, 1.807) is 0 Å². The van der Waals surface area contributed by atoms with Gasteiger partial charge in [-0.1, -0.05) is 449 Å². The molecule has 2 unspecified atom stereocenters. The summed E-state index contributed by atoms with van der Waals surface area (Å²) in [5.74, 6) is 0. The van der Waals surface area contributed by atoms with Crippen molar-refractivity contribution in [2.75, 3.05) is 9.80 Å². The molecule has 0 saturated heterocycles. The smallest absolute Gasteiger partial charge is 0.0754 e. The largest absolute Gasteiger partial charge is 0.309 e. The molecule has 0 radical (unpaired) electrons. The van der Waals surface area contributed by atoms with E-state index in [9.17, 15) is 0 Å². The number of anilines is 6. The Labute approximate surface area is 857 Å². The van der Waals surface area contributed by atoms with E-state index in [0.29, 0.717) is 0 Å². The van der Waals surface area contributed by atoms with Gasteiger partial charge in [-0.2, -0.15) is 0 Å². The van der Waals surface area contributed by atoms with E-state index in [4.69, 9.17) is 0 Å². The maximum atomic E-state index is 2.59. The van der Waals surface area contributed by atoms with Gasteiger partial charge in [0.1, 0.15) is 0 Å². The van der Waals surface area contributed by atoms with Gasteiger partial charge in [-0.25, -0.2) is 0 Å². The van der Waals surface area contributed by atoms with Crippen molar-refractivity contribution in [1.29, 1.82) is 0 Å². The van der Waals surface area contributed by atoms with Gasteiger partial charge in [0.15, 0.2) is 0 Å². The minimum atomic E-state index is -0.688. The lowest BCUT2D eigenvalue weighted by Crippen LogP contribution is -2.33. The summed E-state index contributed by atoms with van der Waals surface area (Å²) < 4.78 is 5.13. The summed E-state index contributed by atoms with van der Waals surface area (Å²) >= 11 is 0. The maximum absolute atomic E-state index is 2.59. The predicted molar refractivity (Wildman–Crippen MR) is 620 cm³/mol. The zero-order valence-corrected chi connectivity index (χ0v) is 80.8. The molecule has 2 aliphatic heterocycles. The number of fused-ring (bicyclic) bond motifs is 28. The molecule has 686 valence electrons. The third-order valence-electron chi connectivity index (χ3n) is 32.9. The van der Waals surface area contributed by atoms with Gasteiger partial charge in [0.25, 0.3) is 0 Å². The molecule has 0 fully saturated rings. The zero-order chi connectivity index (χ0) is 97.0. The van der Waals surface area contributed by atoms with Crippen LogP contribution in [0.2, 0.25) is 0 Å². The van der Waals surface area contributed by atoms with Gasteiger partial charge in [-0.05, 0) is 269 Å². The number of aromatic nitrogens is 2. The molecule has 4 heteroatoms. The second-order valence-electron chi connectivity index (χ2n) is 40.2. The fourth-order valence-corrected chi connectivity index (χ4v) is 26.8. The van der Waals surface area contributed by atoms with Gasteiger partial charge in [-0.3, -0.25) is 0 Å². The molecule has 2 atom stereocenters. The van der Waals surface area contributed by atoms with Gasteiger partial charge < -0.3 is 18.9 Å². The van der Waals surface area contributed by atoms with E-state index in [1.807, 2.05) is 0 Å². The van der Waals surface area contributed by atoms with Crippen LogP contribution in [0, 0.1) is 0 Å². The minimum Gasteiger partial charge on any atom is -0.309 e. The number of nitrogens with zero attached hydrogens (tertiary/aromatic N) is 4. The second-order valence-corrected chi connectivity index (χ2v) is 40.2. The van der Waals surface area contributed by atoms with Gasteiger partial charge >= 0.3 is 0 Å². The standard InChI is InChI=1S/C144H90N4/c1-3-34-91(35-4-1)95-40-27-42-97(86-95)108-45-15-22-66-132(108)145(136-84-81-105(112-47-9-11-51-118(112)136)100-74-79-116-114-49-13-18-60-124(114)143(130(116)89-100)126-62-20-25-69-139(126)147-135-68-24-17-53-120(135)121-58-32-64-128(143)141(121)147)102-77-72-94(73-78-102)103-54-30-57-111-104(55-31-56-110(103)111)99-76-83-138-123(88-99)122-59-33-65-129-142(122)148(138)140-70-26-21-63-127(140)144(129)125-61-19-14-50-115(125)117-80-75-101(90-131(117)144)106-82-85-137(119-52-12-10-48-113(106)119)146(134-71-29-39-93-38-7-8-44-107(93)134)133-67-23-16-46-109(133)98-43-28-41-96(87-98)92-36-5-2-6-37-92/h1-90H. The number of rotatable bonds is 14. The van der Waals surface area contributed by atoms with Gasteiger partial charge in [0, 0.05) is 54.5 Å². The number of benzene rings is 25. The fourth-order valence-electron chi connectivity index (χ4n) is 26.8. The van der Waals surface area contributed by atoms with Crippen molar-refractivity contribution in [1.82, 2.24) is 9.13 Å². The molecule has 148 heavy (non-hydrogen) atoms. The van der Waals surface area contributed by atoms with Crippen LogP contribution in [0.5, 0.6) is 0 Å². The number of hydrogen-bond donors (Lipinski definition) is 0. The Bertz CT molecular complexity index is 10300. The fraction of sp³-hybridized carbons (Fsp3) is 0.0139. The third kappa shape index (κ3) is 12.1. The normalized spacial score (nSPS) is 14.3. The molecule has 4 aliphatic rings. The van der Waals surface area contributed by atoms with Crippen molar-refractivity contribution in [2.24, 2.45) is 0 Å². The summed E-state index contributed by atoms with van der Waals surface area (Å²) in [6.07, 6.45) is 0. The van der Waals surface area contributed by atoms with E-state index < -0.39 is 10.8 Å². The van der Waals surface area contributed by atoms with Crippen LogP contribution in [0.4, 0.5) is 34.1 Å². The van der Waals surface area contributed by atoms with Gasteiger partial charge in [-0.15, -0.1) is 0 Å². The highest BCUT2D eigenvalue weighted by molar-refractivity contribution is 6.19. The second kappa shape index (κ2) is 32.6. The van der Waals surface area contributed by atoms with Crippen LogP contribution in [0.25, 0.3) is 209 Å². The first-order valence-corrected chi connectivity index (χ1v) is 51.5. The lowest BCUT2D eigenvalue weighted by atomic mass is 9.65. The molecule has 0 amide bonds. The van der Waals surface area contributed by atoms with Crippen molar-refractivity contribution in [3.63, 3.8) is 0 Å². The summed E-state index contributed by atoms with van der Waals surface area (Å²) in [6, 6.07) is 206. The van der Waals surface area contributed by atoms with Crippen LogP contribution in [0.15, 0.2) is 546 Å². The Hall–Kier alpha value is -19.3. The molecule has 2 aromatic heterocycles. The van der Waals surface area contributed by atoms with Gasteiger partial charge in [0.05, 0.1) is 72.7 Å². The number of para-hydroxylation sites is 7. The molecule has 4 nitrogen and oxygen atoms in total. The van der Waals surface area contributed by atoms with Crippen LogP contribution >= 0.6 is 0 Å². The first kappa shape index (κ1) is 83.4. The Morgan fingerprint density at radius 3 is 1.03 bits per heavy atom. The SMILES string of the molecule is c1ccc(-c2cccc(-c3ccccc3N(c3ccc(-c4cccc5c(-c6ccc7c(c6)c6cccc8c6n7-c6ccccc6C86c7ccccc7-c7ccc(-c8ccc(N(c9ccccc9-c9cccc(-c%10ccccc%10)c9)c9cccc%10ccccc9%10)c9ccccc89)cc76)cccc45)cc3)c3ccc(-c4ccc5c(c4)C4(c6ccccc6-5)c5ccccc5-n5c6ccccc6c6cccc4c65)c4ccccc34)c2)cc1. The molecular weight excluding hydrogens is 1790 g/mol. The minimum absolute atomic E-state index is 0.602. The van der Waals surface area contributed by atoms with Crippen molar-refractivity contribution in [3.05, 3.63) is 590 Å². The van der Waals surface area contributed by atoms with Gasteiger partial charge in [0.2, 0.25) is 0 Å².